The second-order valence-corrected chi connectivity index (χ2v) is 4.39. The van der Waals surface area contributed by atoms with E-state index < -0.39 is 28.9 Å². The maximum absolute atomic E-state index is 13.5. The third kappa shape index (κ3) is 2.40. The molecule has 5 nitrogen and oxygen atoms in total. The van der Waals surface area contributed by atoms with Crippen molar-refractivity contribution in [3.8, 4) is 0 Å². The van der Waals surface area contributed by atoms with Gasteiger partial charge >= 0.3 is 5.69 Å². The van der Waals surface area contributed by atoms with E-state index in [4.69, 9.17) is 0 Å². The van der Waals surface area contributed by atoms with Crippen molar-refractivity contribution in [3.63, 3.8) is 0 Å². The number of carbonyl (C=O) groups excluding carboxylic acids is 1. The topological polar surface area (TPSA) is 77.8 Å². The Morgan fingerprint density at radius 3 is 2.38 bits per heavy atom. The number of benzene rings is 2. The first-order valence-electron chi connectivity index (χ1n) is 6.02. The van der Waals surface area contributed by atoms with Gasteiger partial charge in [-0.15, -0.1) is 0 Å². The molecule has 106 valence electrons. The molecule has 0 spiro atoms. The summed E-state index contributed by atoms with van der Waals surface area (Å²) < 4.78 is 27.0. The molecule has 0 unspecified atom stereocenters. The third-order valence-electron chi connectivity index (χ3n) is 2.98. The van der Waals surface area contributed by atoms with E-state index in [9.17, 15) is 18.4 Å². The van der Waals surface area contributed by atoms with Gasteiger partial charge in [-0.05, 0) is 30.3 Å². The van der Waals surface area contributed by atoms with E-state index >= 15 is 0 Å². The third-order valence-corrected chi connectivity index (χ3v) is 2.98. The number of nitrogens with one attached hydrogen (secondary N) is 3. The predicted octanol–water partition coefficient (Wildman–Crippen LogP) is 2.39. The van der Waals surface area contributed by atoms with Gasteiger partial charge < -0.3 is 15.3 Å². The van der Waals surface area contributed by atoms with E-state index in [1.165, 1.54) is 24.3 Å². The van der Waals surface area contributed by atoms with Crippen LogP contribution in [0.25, 0.3) is 11.0 Å². The highest BCUT2D eigenvalue weighted by Crippen LogP contribution is 2.19. The molecule has 3 N–H and O–H groups in total. The first kappa shape index (κ1) is 13.0. The first-order valence-corrected chi connectivity index (χ1v) is 6.02. The molecule has 1 amide bonds. The molecular weight excluding hydrogens is 280 g/mol. The Morgan fingerprint density at radius 1 is 1.00 bits per heavy atom. The van der Waals surface area contributed by atoms with Crippen LogP contribution in [-0.4, -0.2) is 15.9 Å². The van der Waals surface area contributed by atoms with Gasteiger partial charge in [-0.1, -0.05) is 6.07 Å². The van der Waals surface area contributed by atoms with Gasteiger partial charge in [-0.3, -0.25) is 4.79 Å². The smallest absolute Gasteiger partial charge is 0.317 e. The Hall–Kier alpha value is -2.96. The molecule has 0 aliphatic carbocycles. The van der Waals surface area contributed by atoms with Crippen LogP contribution in [0.5, 0.6) is 0 Å². The average molecular weight is 289 g/mol. The number of H-pyrrole nitrogens is 2. The zero-order chi connectivity index (χ0) is 15.0. The summed E-state index contributed by atoms with van der Waals surface area (Å²) in [6, 6.07) is 7.69. The number of carbonyl (C=O) groups is 1. The maximum Gasteiger partial charge on any atom is 0.323 e. The van der Waals surface area contributed by atoms with Crippen LogP contribution in [0.1, 0.15) is 10.4 Å². The van der Waals surface area contributed by atoms with E-state index in [1.807, 2.05) is 0 Å². The van der Waals surface area contributed by atoms with Crippen molar-refractivity contribution in [2.75, 3.05) is 5.32 Å². The molecule has 0 aliphatic rings. The Morgan fingerprint density at radius 2 is 1.67 bits per heavy atom. The van der Waals surface area contributed by atoms with Crippen LogP contribution in [-0.2, 0) is 0 Å². The standard InChI is InChI=1S/C14H9F2N3O2/c15-8-2-1-3-9(16)12(8)19-13(20)7-4-5-10-11(6-7)18-14(21)17-10/h1-6H,(H,19,20)(H2,17,18,21). The lowest BCUT2D eigenvalue weighted by atomic mass is 10.2. The van der Waals surface area contributed by atoms with Crippen LogP contribution in [0, 0.1) is 11.6 Å². The number of aromatic amines is 2. The van der Waals surface area contributed by atoms with Gasteiger partial charge in [-0.25, -0.2) is 13.6 Å². The predicted molar refractivity (Wildman–Crippen MR) is 73.2 cm³/mol. The molecule has 0 aliphatic heterocycles. The molecule has 1 heterocycles. The number of anilines is 1. The minimum Gasteiger partial charge on any atom is -0.317 e. The summed E-state index contributed by atoms with van der Waals surface area (Å²) in [7, 11) is 0. The second kappa shape index (κ2) is 4.86. The lowest BCUT2D eigenvalue weighted by Gasteiger charge is -2.07. The van der Waals surface area contributed by atoms with Gasteiger partial charge in [0, 0.05) is 5.56 Å². The van der Waals surface area contributed by atoms with Crippen LogP contribution in [0.2, 0.25) is 0 Å². The van der Waals surface area contributed by atoms with Crippen molar-refractivity contribution < 1.29 is 13.6 Å². The average Bonchev–Trinajstić information content (AvgIpc) is 2.81. The van der Waals surface area contributed by atoms with Crippen molar-refractivity contribution in [2.45, 2.75) is 0 Å². The van der Waals surface area contributed by atoms with Gasteiger partial charge in [-0.2, -0.15) is 0 Å². The number of amides is 1. The summed E-state index contributed by atoms with van der Waals surface area (Å²) in [6.07, 6.45) is 0. The molecule has 0 atom stereocenters. The van der Waals surface area contributed by atoms with Gasteiger partial charge in [0.25, 0.3) is 5.91 Å². The molecule has 2 aromatic carbocycles. The van der Waals surface area contributed by atoms with Crippen molar-refractivity contribution in [1.29, 1.82) is 0 Å². The van der Waals surface area contributed by atoms with Gasteiger partial charge in [0.1, 0.15) is 17.3 Å². The molecule has 7 heteroatoms. The minimum absolute atomic E-state index is 0.167. The largest absolute Gasteiger partial charge is 0.323 e. The zero-order valence-electron chi connectivity index (χ0n) is 10.5. The van der Waals surface area contributed by atoms with Crippen LogP contribution in [0.15, 0.2) is 41.2 Å². The Balaban J connectivity index is 1.95. The summed E-state index contributed by atoms with van der Waals surface area (Å²) in [5.74, 6) is -2.40. The molecule has 3 rings (SSSR count). The van der Waals surface area contributed by atoms with Gasteiger partial charge in [0.05, 0.1) is 11.0 Å². The van der Waals surface area contributed by atoms with Gasteiger partial charge in [0.2, 0.25) is 0 Å². The number of fused-ring (bicyclic) bond motifs is 1. The number of para-hydroxylation sites is 1. The molecule has 21 heavy (non-hydrogen) atoms. The van der Waals surface area contributed by atoms with E-state index in [1.54, 1.807) is 0 Å². The fraction of sp³-hybridized carbons (Fsp3) is 0. The lowest BCUT2D eigenvalue weighted by molar-refractivity contribution is 0.102. The highest BCUT2D eigenvalue weighted by Gasteiger charge is 2.14. The number of hydrogen-bond acceptors (Lipinski definition) is 2. The number of rotatable bonds is 2. The van der Waals surface area contributed by atoms with E-state index in [0.717, 1.165) is 12.1 Å². The van der Waals surface area contributed by atoms with Crippen LogP contribution in [0.3, 0.4) is 0 Å². The molecule has 0 fully saturated rings. The van der Waals surface area contributed by atoms with E-state index in [2.05, 4.69) is 15.3 Å². The molecule has 3 aromatic rings. The Kier molecular flexibility index (Phi) is 3.02. The highest BCUT2D eigenvalue weighted by molar-refractivity contribution is 6.06. The Bertz CT molecular complexity index is 878. The van der Waals surface area contributed by atoms with Crippen molar-refractivity contribution >= 4 is 22.6 Å². The normalized spacial score (nSPS) is 10.8. The molecule has 0 saturated carbocycles. The van der Waals surface area contributed by atoms with Gasteiger partial charge in [0.15, 0.2) is 0 Å². The summed E-state index contributed by atoms with van der Waals surface area (Å²) >= 11 is 0. The van der Waals surface area contributed by atoms with Crippen molar-refractivity contribution in [2.24, 2.45) is 0 Å². The summed E-state index contributed by atoms with van der Waals surface area (Å²) in [5.41, 5.74) is 0.226. The number of halogens is 2. The van der Waals surface area contributed by atoms with Crippen LogP contribution < -0.4 is 11.0 Å². The zero-order valence-corrected chi connectivity index (χ0v) is 10.5. The maximum atomic E-state index is 13.5. The molecular formula is C14H9F2N3O2. The molecule has 0 saturated heterocycles. The molecule has 1 aromatic heterocycles. The van der Waals surface area contributed by atoms with Crippen molar-refractivity contribution in [3.05, 3.63) is 64.1 Å². The minimum atomic E-state index is -0.862. The highest BCUT2D eigenvalue weighted by atomic mass is 19.1. The van der Waals surface area contributed by atoms with E-state index in [0.29, 0.717) is 11.0 Å². The lowest BCUT2D eigenvalue weighted by Crippen LogP contribution is -2.14. The quantitative estimate of drug-likeness (QED) is 0.677. The summed E-state index contributed by atoms with van der Waals surface area (Å²) in [4.78, 5) is 28.2. The van der Waals surface area contributed by atoms with E-state index in [-0.39, 0.29) is 5.56 Å². The summed E-state index contributed by atoms with van der Waals surface area (Å²) in [5, 5.41) is 2.18. The molecule has 0 bridgehead atoms. The fourth-order valence-electron chi connectivity index (χ4n) is 1.98. The number of imidazole rings is 1. The fourth-order valence-corrected chi connectivity index (χ4v) is 1.98. The van der Waals surface area contributed by atoms with Crippen LogP contribution in [0.4, 0.5) is 14.5 Å². The number of hydrogen-bond donors (Lipinski definition) is 3. The Labute approximate surface area is 116 Å². The van der Waals surface area contributed by atoms with Crippen molar-refractivity contribution in [1.82, 2.24) is 9.97 Å². The monoisotopic (exact) mass is 289 g/mol. The molecule has 0 radical (unpaired) electrons. The second-order valence-electron chi connectivity index (χ2n) is 4.39. The SMILES string of the molecule is O=C(Nc1c(F)cccc1F)c1ccc2[nH]c(=O)[nH]c2c1. The number of aromatic nitrogens is 2. The summed E-state index contributed by atoms with van der Waals surface area (Å²) in [6.45, 7) is 0. The van der Waals surface area contributed by atoms with Crippen LogP contribution >= 0.6 is 0 Å². The first-order chi connectivity index (χ1) is 10.0.